The molecule has 6 aromatic rings. The summed E-state index contributed by atoms with van der Waals surface area (Å²) in [5.74, 6) is 1.35. The van der Waals surface area contributed by atoms with Crippen molar-refractivity contribution >= 4 is 44.7 Å². The maximum Gasteiger partial charge on any atom is 0.262 e. The molecule has 0 unspecified atom stereocenters. The number of ether oxygens (including phenoxy) is 4. The Morgan fingerprint density at radius 3 is 1.31 bits per heavy atom. The zero-order valence-corrected chi connectivity index (χ0v) is 26.0. The number of benzene rings is 6. The van der Waals surface area contributed by atoms with E-state index in [4.69, 9.17) is 18.9 Å². The van der Waals surface area contributed by atoms with Crippen LogP contribution in [0.25, 0.3) is 32.7 Å². The second-order valence-corrected chi connectivity index (χ2v) is 11.1. The minimum absolute atomic E-state index is 0.250. The Hall–Kier alpha value is -6.28. The van der Waals surface area contributed by atoms with Crippen LogP contribution in [0, 0.1) is 0 Å². The lowest BCUT2D eigenvalue weighted by molar-refractivity contribution is -0.118. The van der Waals surface area contributed by atoms with Gasteiger partial charge < -0.3 is 29.6 Å². The van der Waals surface area contributed by atoms with Gasteiger partial charge in [-0.25, -0.2) is 0 Å². The van der Waals surface area contributed by atoms with Gasteiger partial charge in [0.05, 0.1) is 11.4 Å². The number of fused-ring (bicyclic) bond motifs is 9. The number of hydrogen-bond acceptors (Lipinski definition) is 6. The molecule has 8 heteroatoms. The first-order valence-electron chi connectivity index (χ1n) is 15.6. The van der Waals surface area contributed by atoms with E-state index in [9.17, 15) is 9.59 Å². The van der Waals surface area contributed by atoms with Gasteiger partial charge in [0.15, 0.2) is 13.2 Å². The maximum absolute atomic E-state index is 13.3. The first-order valence-corrected chi connectivity index (χ1v) is 15.6. The standard InChI is InChI=1S/C40H32N2O6/c43-37-25-47-35-21-19-27-11-1-3-13-29(27)39(35)40-30-14-4-2-12-28(30)20-22-36(40)48-26-38(44)42-32-16-6-8-18-34(32)46-24-10-9-23-45-33-17-7-5-15-31(33)41-37/h1-22H,23-26H2,(H,41,43)(H,42,44)/b10-9-. The van der Waals surface area contributed by atoms with Crippen LogP contribution in [0.4, 0.5) is 11.4 Å². The third-order valence-corrected chi connectivity index (χ3v) is 7.91. The molecule has 238 valence electrons. The molecule has 1 heterocycles. The predicted molar refractivity (Wildman–Crippen MR) is 188 cm³/mol. The monoisotopic (exact) mass is 636 g/mol. The molecule has 0 bridgehead atoms. The molecule has 2 N–H and O–H groups in total. The van der Waals surface area contributed by atoms with Gasteiger partial charge in [0.1, 0.15) is 36.2 Å². The minimum Gasteiger partial charge on any atom is -0.487 e. The summed E-state index contributed by atoms with van der Waals surface area (Å²) in [6, 6.07) is 38.1. The fourth-order valence-electron chi connectivity index (χ4n) is 5.72. The fraction of sp³-hybridized carbons (Fsp3) is 0.100. The Kier molecular flexibility index (Phi) is 8.87. The van der Waals surface area contributed by atoms with Gasteiger partial charge in [-0.1, -0.05) is 84.9 Å². The summed E-state index contributed by atoms with van der Waals surface area (Å²) in [6.07, 6.45) is 3.65. The number of nitrogens with one attached hydrogen (secondary N) is 2. The first kappa shape index (κ1) is 30.4. The molecule has 0 saturated carbocycles. The van der Waals surface area contributed by atoms with Crippen molar-refractivity contribution in [1.29, 1.82) is 0 Å². The molecular weight excluding hydrogens is 604 g/mol. The number of amides is 2. The zero-order valence-electron chi connectivity index (χ0n) is 26.0. The second-order valence-electron chi connectivity index (χ2n) is 11.1. The van der Waals surface area contributed by atoms with E-state index in [0.717, 1.165) is 32.7 Å². The highest BCUT2D eigenvalue weighted by Gasteiger charge is 2.21. The Morgan fingerprint density at radius 2 is 0.833 bits per heavy atom. The lowest BCUT2D eigenvalue weighted by Crippen LogP contribution is -2.21. The van der Waals surface area contributed by atoms with Crippen LogP contribution < -0.4 is 29.6 Å². The summed E-state index contributed by atoms with van der Waals surface area (Å²) in [5.41, 5.74) is 2.58. The van der Waals surface area contributed by atoms with Gasteiger partial charge in [-0.15, -0.1) is 0 Å². The number of hydrogen-bond donors (Lipinski definition) is 2. The van der Waals surface area contributed by atoms with Crippen molar-refractivity contribution < 1.29 is 28.5 Å². The van der Waals surface area contributed by atoms with Crippen molar-refractivity contribution in [3.05, 3.63) is 133 Å². The topological polar surface area (TPSA) is 95.1 Å². The van der Waals surface area contributed by atoms with Gasteiger partial charge in [0.25, 0.3) is 11.8 Å². The van der Waals surface area contributed by atoms with E-state index in [0.29, 0.717) is 34.4 Å². The normalized spacial score (nSPS) is 14.8. The average Bonchev–Trinajstić information content (AvgIpc) is 3.12. The van der Waals surface area contributed by atoms with Crippen LogP contribution in [-0.2, 0) is 9.59 Å². The van der Waals surface area contributed by atoms with Crippen LogP contribution in [0.15, 0.2) is 133 Å². The van der Waals surface area contributed by atoms with Crippen LogP contribution in [0.1, 0.15) is 0 Å². The zero-order chi connectivity index (χ0) is 32.7. The minimum atomic E-state index is -0.346. The van der Waals surface area contributed by atoms with Gasteiger partial charge in [-0.2, -0.15) is 0 Å². The third-order valence-electron chi connectivity index (χ3n) is 7.91. The number of rotatable bonds is 0. The van der Waals surface area contributed by atoms with Crippen molar-refractivity contribution in [2.75, 3.05) is 37.1 Å². The summed E-state index contributed by atoms with van der Waals surface area (Å²) in [6.45, 7) is 0.0198. The lowest BCUT2D eigenvalue weighted by atomic mass is 9.92. The molecule has 1 aliphatic rings. The van der Waals surface area contributed by atoms with Crippen LogP contribution >= 0.6 is 0 Å². The van der Waals surface area contributed by atoms with E-state index in [-0.39, 0.29) is 38.2 Å². The molecule has 1 aliphatic heterocycles. The van der Waals surface area contributed by atoms with Gasteiger partial charge in [0.2, 0.25) is 0 Å². The van der Waals surface area contributed by atoms with Gasteiger partial charge in [-0.3, -0.25) is 9.59 Å². The van der Waals surface area contributed by atoms with Gasteiger partial charge in [0, 0.05) is 11.1 Å². The Morgan fingerprint density at radius 1 is 0.417 bits per heavy atom. The smallest absolute Gasteiger partial charge is 0.262 e. The number of carbonyl (C=O) groups is 2. The average molecular weight is 637 g/mol. The highest BCUT2D eigenvalue weighted by molar-refractivity contribution is 6.10. The molecular formula is C40H32N2O6. The van der Waals surface area contributed by atoms with Crippen LogP contribution in [0.5, 0.6) is 23.0 Å². The van der Waals surface area contributed by atoms with E-state index >= 15 is 0 Å². The lowest BCUT2D eigenvalue weighted by Gasteiger charge is -2.20. The Labute approximate surface area is 277 Å². The van der Waals surface area contributed by atoms with E-state index < -0.39 is 0 Å². The van der Waals surface area contributed by atoms with E-state index in [2.05, 4.69) is 10.6 Å². The number of carbonyl (C=O) groups excluding carboxylic acids is 2. The van der Waals surface area contributed by atoms with Gasteiger partial charge in [-0.05, 0) is 70.1 Å². The van der Waals surface area contributed by atoms with Crippen LogP contribution in [0.2, 0.25) is 0 Å². The number of anilines is 2. The van der Waals surface area contributed by atoms with Crippen LogP contribution in [0.3, 0.4) is 0 Å². The summed E-state index contributed by atoms with van der Waals surface area (Å²) >= 11 is 0. The molecule has 0 fully saturated rings. The Balaban J connectivity index is 1.32. The summed E-state index contributed by atoms with van der Waals surface area (Å²) < 4.78 is 24.5. The van der Waals surface area contributed by atoms with Crippen molar-refractivity contribution in [2.24, 2.45) is 0 Å². The SMILES string of the molecule is O=C1COc2ccc3ccccc3c2-c2c(ccc3ccccc23)OCC(=O)Nc2ccccc2OC/C=C\COc2ccccc2N1. The third kappa shape index (κ3) is 6.64. The summed E-state index contributed by atoms with van der Waals surface area (Å²) in [5, 5.41) is 9.64. The van der Waals surface area contributed by atoms with Gasteiger partial charge >= 0.3 is 0 Å². The van der Waals surface area contributed by atoms with E-state index in [1.807, 2.05) is 109 Å². The van der Waals surface area contributed by atoms with Crippen molar-refractivity contribution in [3.8, 4) is 34.1 Å². The first-order chi connectivity index (χ1) is 23.6. The molecule has 0 atom stereocenters. The molecule has 48 heavy (non-hydrogen) atoms. The Bertz CT molecular complexity index is 2010. The molecule has 6 aromatic carbocycles. The molecule has 0 saturated heterocycles. The molecule has 7 rings (SSSR count). The van der Waals surface area contributed by atoms with E-state index in [1.54, 1.807) is 24.3 Å². The molecule has 2 amide bonds. The second kappa shape index (κ2) is 14.0. The molecule has 0 aliphatic carbocycles. The molecule has 0 spiro atoms. The molecule has 0 radical (unpaired) electrons. The summed E-state index contributed by atoms with van der Waals surface area (Å²) in [4.78, 5) is 26.5. The maximum atomic E-state index is 13.3. The summed E-state index contributed by atoms with van der Waals surface area (Å²) in [7, 11) is 0. The predicted octanol–water partition coefficient (Wildman–Crippen LogP) is 8.02. The highest BCUT2D eigenvalue weighted by Crippen LogP contribution is 2.45. The molecule has 0 aromatic heterocycles. The van der Waals surface area contributed by atoms with Crippen LogP contribution in [-0.4, -0.2) is 38.2 Å². The van der Waals surface area contributed by atoms with Crippen molar-refractivity contribution in [3.63, 3.8) is 0 Å². The van der Waals surface area contributed by atoms with E-state index in [1.165, 1.54) is 0 Å². The van der Waals surface area contributed by atoms with Crippen molar-refractivity contribution in [2.45, 2.75) is 0 Å². The highest BCUT2D eigenvalue weighted by atomic mass is 16.5. The number of para-hydroxylation sites is 4. The largest absolute Gasteiger partial charge is 0.487 e. The van der Waals surface area contributed by atoms with Crippen molar-refractivity contribution in [1.82, 2.24) is 0 Å². The quantitative estimate of drug-likeness (QED) is 0.164. The fourth-order valence-corrected chi connectivity index (χ4v) is 5.72. The molecule has 8 nitrogen and oxygen atoms in total.